The van der Waals surface area contributed by atoms with Crippen molar-refractivity contribution in [1.29, 1.82) is 0 Å². The van der Waals surface area contributed by atoms with Crippen molar-refractivity contribution >= 4 is 10.0 Å². The van der Waals surface area contributed by atoms with Gasteiger partial charge in [0.1, 0.15) is 5.82 Å². The lowest BCUT2D eigenvalue weighted by atomic mass is 9.89. The SMILES string of the molecule is CCc1ncc(S(=O)(=O)N2CCC(C(O)CCc3ccccc3)CC2)[nH]1. The van der Waals surface area contributed by atoms with Crippen molar-refractivity contribution in [2.24, 2.45) is 5.92 Å². The maximum atomic E-state index is 12.7. The molecule has 0 saturated carbocycles. The van der Waals surface area contributed by atoms with Crippen LogP contribution in [0.15, 0.2) is 41.6 Å². The summed E-state index contributed by atoms with van der Waals surface area (Å²) in [7, 11) is -3.52. The van der Waals surface area contributed by atoms with Crippen molar-refractivity contribution in [3.63, 3.8) is 0 Å². The highest BCUT2D eigenvalue weighted by Gasteiger charge is 2.32. The number of piperidine rings is 1. The van der Waals surface area contributed by atoms with Gasteiger partial charge in [-0.15, -0.1) is 0 Å². The number of benzene rings is 1. The molecule has 0 radical (unpaired) electrons. The average Bonchev–Trinajstić information content (AvgIpc) is 3.17. The molecule has 3 rings (SSSR count). The van der Waals surface area contributed by atoms with Gasteiger partial charge in [0.05, 0.1) is 12.3 Å². The summed E-state index contributed by atoms with van der Waals surface area (Å²) < 4.78 is 26.9. The monoisotopic (exact) mass is 377 g/mol. The van der Waals surface area contributed by atoms with Gasteiger partial charge < -0.3 is 10.1 Å². The van der Waals surface area contributed by atoms with Crippen LogP contribution in [0, 0.1) is 5.92 Å². The number of aryl methyl sites for hydroxylation is 2. The van der Waals surface area contributed by atoms with Gasteiger partial charge in [0, 0.05) is 19.5 Å². The molecule has 1 saturated heterocycles. The summed E-state index contributed by atoms with van der Waals surface area (Å²) in [5, 5.41) is 10.7. The minimum Gasteiger partial charge on any atom is -0.393 e. The summed E-state index contributed by atoms with van der Waals surface area (Å²) in [5.74, 6) is 0.827. The van der Waals surface area contributed by atoms with Crippen molar-refractivity contribution in [2.45, 2.75) is 50.2 Å². The normalized spacial score (nSPS) is 18.1. The molecular formula is C19H27N3O3S. The second kappa shape index (κ2) is 8.33. The number of imidazole rings is 1. The third kappa shape index (κ3) is 4.34. The first-order valence-corrected chi connectivity index (χ1v) is 10.7. The molecule has 6 nitrogen and oxygen atoms in total. The first kappa shape index (κ1) is 19.1. The van der Waals surface area contributed by atoms with Crippen LogP contribution in [0.25, 0.3) is 0 Å². The fraction of sp³-hybridized carbons (Fsp3) is 0.526. The summed E-state index contributed by atoms with van der Waals surface area (Å²) in [6.45, 7) is 2.81. The Morgan fingerprint density at radius 2 is 1.96 bits per heavy atom. The lowest BCUT2D eigenvalue weighted by molar-refractivity contribution is 0.0695. The van der Waals surface area contributed by atoms with E-state index in [4.69, 9.17) is 0 Å². The highest BCUT2D eigenvalue weighted by Crippen LogP contribution is 2.27. The zero-order valence-corrected chi connectivity index (χ0v) is 16.0. The van der Waals surface area contributed by atoms with E-state index in [2.05, 4.69) is 22.1 Å². The molecule has 1 fully saturated rings. The zero-order chi connectivity index (χ0) is 18.6. The number of hydrogen-bond acceptors (Lipinski definition) is 4. The second-order valence-electron chi connectivity index (χ2n) is 6.88. The molecule has 1 aliphatic rings. The third-order valence-electron chi connectivity index (χ3n) is 5.17. The number of hydrogen-bond donors (Lipinski definition) is 2. The quantitative estimate of drug-likeness (QED) is 0.776. The predicted octanol–water partition coefficient (Wildman–Crippen LogP) is 2.37. The summed E-state index contributed by atoms with van der Waals surface area (Å²) in [6, 6.07) is 10.1. The molecule has 1 aromatic carbocycles. The van der Waals surface area contributed by atoms with Crippen LogP contribution in [0.4, 0.5) is 0 Å². The topological polar surface area (TPSA) is 86.3 Å². The van der Waals surface area contributed by atoms with E-state index in [9.17, 15) is 13.5 Å². The summed E-state index contributed by atoms with van der Waals surface area (Å²) >= 11 is 0. The fourth-order valence-corrected chi connectivity index (χ4v) is 4.89. The number of sulfonamides is 1. The van der Waals surface area contributed by atoms with Crippen LogP contribution < -0.4 is 0 Å². The minimum atomic E-state index is -3.52. The van der Waals surface area contributed by atoms with Gasteiger partial charge in [0.15, 0.2) is 5.03 Å². The van der Waals surface area contributed by atoms with Gasteiger partial charge in [-0.1, -0.05) is 37.3 Å². The molecule has 0 bridgehead atoms. The summed E-state index contributed by atoms with van der Waals surface area (Å²) in [4.78, 5) is 6.97. The molecule has 0 spiro atoms. The zero-order valence-electron chi connectivity index (χ0n) is 15.1. The molecular weight excluding hydrogens is 350 g/mol. The van der Waals surface area contributed by atoms with E-state index in [1.165, 1.54) is 16.1 Å². The number of nitrogens with zero attached hydrogens (tertiary/aromatic N) is 2. The molecule has 1 unspecified atom stereocenters. The van der Waals surface area contributed by atoms with Crippen LogP contribution >= 0.6 is 0 Å². The van der Waals surface area contributed by atoms with Crippen molar-refractivity contribution in [2.75, 3.05) is 13.1 Å². The smallest absolute Gasteiger partial charge is 0.260 e. The van der Waals surface area contributed by atoms with Gasteiger partial charge in [-0.3, -0.25) is 0 Å². The lowest BCUT2D eigenvalue weighted by Crippen LogP contribution is -2.41. The molecule has 0 amide bonds. The molecule has 2 N–H and O–H groups in total. The van der Waals surface area contributed by atoms with Crippen LogP contribution in [-0.4, -0.2) is 47.0 Å². The van der Waals surface area contributed by atoms with Crippen LogP contribution in [0.3, 0.4) is 0 Å². The summed E-state index contributed by atoms with van der Waals surface area (Å²) in [6.07, 6.45) is 4.60. The maximum Gasteiger partial charge on any atom is 0.260 e. The highest BCUT2D eigenvalue weighted by molar-refractivity contribution is 7.89. The van der Waals surface area contributed by atoms with E-state index in [1.807, 2.05) is 25.1 Å². The summed E-state index contributed by atoms with van der Waals surface area (Å²) in [5.41, 5.74) is 1.22. The Morgan fingerprint density at radius 3 is 2.58 bits per heavy atom. The fourth-order valence-electron chi connectivity index (χ4n) is 3.49. The van der Waals surface area contributed by atoms with Crippen LogP contribution in [0.5, 0.6) is 0 Å². The minimum absolute atomic E-state index is 0.151. The number of aromatic amines is 1. The Balaban J connectivity index is 1.53. The number of aromatic nitrogens is 2. The largest absolute Gasteiger partial charge is 0.393 e. The first-order valence-electron chi connectivity index (χ1n) is 9.26. The van der Waals surface area contributed by atoms with Crippen molar-refractivity contribution in [3.05, 3.63) is 47.9 Å². The van der Waals surface area contributed by atoms with E-state index in [-0.39, 0.29) is 17.0 Å². The maximum absolute atomic E-state index is 12.7. The Labute approximate surface area is 155 Å². The predicted molar refractivity (Wildman–Crippen MR) is 100 cm³/mol. The molecule has 26 heavy (non-hydrogen) atoms. The van der Waals surface area contributed by atoms with Crippen molar-refractivity contribution in [3.8, 4) is 0 Å². The standard InChI is InChI=1S/C19H27N3O3S/c1-2-18-20-14-19(21-18)26(24,25)22-12-10-16(11-13-22)17(23)9-8-15-6-4-3-5-7-15/h3-7,14,16-17,23H,2,8-13H2,1H3,(H,20,21). The Bertz CT molecular complexity index is 796. The van der Waals surface area contributed by atoms with Crippen LogP contribution in [0.2, 0.25) is 0 Å². The van der Waals surface area contributed by atoms with E-state index in [0.29, 0.717) is 44.6 Å². The second-order valence-corrected chi connectivity index (χ2v) is 8.79. The molecule has 2 aromatic rings. The van der Waals surface area contributed by atoms with Gasteiger partial charge in [-0.2, -0.15) is 4.31 Å². The van der Waals surface area contributed by atoms with Crippen molar-refractivity contribution in [1.82, 2.24) is 14.3 Å². The lowest BCUT2D eigenvalue weighted by Gasteiger charge is -2.33. The number of aliphatic hydroxyl groups excluding tert-OH is 1. The van der Waals surface area contributed by atoms with Gasteiger partial charge in [0.2, 0.25) is 0 Å². The van der Waals surface area contributed by atoms with E-state index < -0.39 is 10.0 Å². The number of H-pyrrole nitrogens is 1. The van der Waals surface area contributed by atoms with Gasteiger partial charge >= 0.3 is 0 Å². The highest BCUT2D eigenvalue weighted by atomic mass is 32.2. The number of nitrogens with one attached hydrogen (secondary N) is 1. The van der Waals surface area contributed by atoms with E-state index in [1.54, 1.807) is 0 Å². The number of rotatable bonds is 7. The molecule has 1 aliphatic heterocycles. The molecule has 7 heteroatoms. The average molecular weight is 378 g/mol. The third-order valence-corrected chi connectivity index (χ3v) is 6.98. The van der Waals surface area contributed by atoms with E-state index in [0.717, 1.165) is 6.42 Å². The van der Waals surface area contributed by atoms with E-state index >= 15 is 0 Å². The molecule has 0 aliphatic carbocycles. The van der Waals surface area contributed by atoms with Crippen LogP contribution in [-0.2, 0) is 22.9 Å². The van der Waals surface area contributed by atoms with Gasteiger partial charge in [-0.05, 0) is 37.2 Å². The molecule has 142 valence electrons. The van der Waals surface area contributed by atoms with Gasteiger partial charge in [0.25, 0.3) is 10.0 Å². The molecule has 1 atom stereocenters. The van der Waals surface area contributed by atoms with Crippen LogP contribution in [0.1, 0.15) is 37.6 Å². The Hall–Kier alpha value is -1.70. The first-order chi connectivity index (χ1) is 12.5. The molecule has 1 aromatic heterocycles. The Kier molecular flexibility index (Phi) is 6.11. The molecule has 2 heterocycles. The number of aliphatic hydroxyl groups is 1. The Morgan fingerprint density at radius 1 is 1.27 bits per heavy atom. The van der Waals surface area contributed by atoms with Crippen molar-refractivity contribution < 1.29 is 13.5 Å². The van der Waals surface area contributed by atoms with Gasteiger partial charge in [-0.25, -0.2) is 13.4 Å².